The topological polar surface area (TPSA) is 220 Å². The molecule has 0 saturated carbocycles. The fourth-order valence-corrected chi connectivity index (χ4v) is 7.75. The van der Waals surface area contributed by atoms with Gasteiger partial charge in [-0.15, -0.1) is 0 Å². The molecule has 5 N–H and O–H groups in total. The molecule has 71 heavy (non-hydrogen) atoms. The maximum absolute atomic E-state index is 13.9. The second-order valence-corrected chi connectivity index (χ2v) is 21.1. The second kappa shape index (κ2) is 26.7. The minimum absolute atomic E-state index is 0.0389. The van der Waals surface area contributed by atoms with E-state index < -0.39 is 65.0 Å². The molecule has 1 fully saturated rings. The third-order valence-corrected chi connectivity index (χ3v) is 11.4. The zero-order valence-electron chi connectivity index (χ0n) is 43.5. The first kappa shape index (κ1) is 57.2. The van der Waals surface area contributed by atoms with Crippen LogP contribution in [-0.4, -0.2) is 108 Å². The Balaban J connectivity index is 1.41. The first-order valence-electron chi connectivity index (χ1n) is 24.9. The zero-order valence-corrected chi connectivity index (χ0v) is 43.5. The highest BCUT2D eigenvalue weighted by atomic mass is 16.6. The molecule has 3 aromatic carbocycles. The smallest absolute Gasteiger partial charge is 0.407 e. The number of hydrogen-bond donors (Lipinski definition) is 5. The molecule has 4 rings (SSSR count). The molecule has 1 aliphatic rings. The van der Waals surface area contributed by atoms with Crippen LogP contribution in [0.15, 0.2) is 66.7 Å². The average molecular weight is 987 g/mol. The number of nitrogens with zero attached hydrogens (tertiary/aromatic N) is 1. The summed E-state index contributed by atoms with van der Waals surface area (Å²) >= 11 is 0. The van der Waals surface area contributed by atoms with Crippen LogP contribution in [0.1, 0.15) is 131 Å². The number of hydrogen-bond acceptors (Lipinski definition) is 11. The van der Waals surface area contributed by atoms with Crippen LogP contribution >= 0.6 is 0 Å². The molecule has 390 valence electrons. The number of likely N-dealkylation sites (tertiary alicyclic amines) is 1. The van der Waals surface area contributed by atoms with E-state index in [1.165, 1.54) is 0 Å². The van der Waals surface area contributed by atoms with Gasteiger partial charge in [-0.05, 0) is 141 Å². The van der Waals surface area contributed by atoms with Crippen LogP contribution in [0.5, 0.6) is 0 Å². The molecule has 0 radical (unpaired) electrons. The van der Waals surface area contributed by atoms with Crippen molar-refractivity contribution in [2.45, 2.75) is 169 Å². The highest BCUT2D eigenvalue weighted by molar-refractivity contribution is 5.89. The molecule has 6 amide bonds. The fraction of sp³-hybridized carbons (Fsp3) is 0.574. The summed E-state index contributed by atoms with van der Waals surface area (Å²) in [5, 5.41) is 16.1. The number of ether oxygens (including phenoxy) is 4. The van der Waals surface area contributed by atoms with Crippen molar-refractivity contribution in [3.05, 3.63) is 83.4 Å². The summed E-state index contributed by atoms with van der Waals surface area (Å²) < 4.78 is 22.0. The Kier molecular flexibility index (Phi) is 21.5. The average Bonchev–Trinajstić information content (AvgIpc) is 3.29. The standard InChI is InChI=1S/C54H78N6O11/c1-11-36-19-21-38(22-20-36)35-68-47(63)42(57-49(65)58-43(48(64)70-53(5,6)7)25-26-45(61)69-52(2,3)4)18-14-15-29-55-46(62)44(33-39-23-24-40-16-12-13-17-41(40)32-39)59-50(66)60-30-27-37(28-31-60)34-56-51(67)71-54(8,9)10/h12-13,16-17,19-24,32,37,42-44H,11,14-15,18,25-31,33-35H2,1-10H3,(H,55,62)(H,56,67)(H,59,66)(H2,57,58,65)/t42-,43-,44-/m0/s1. The van der Waals surface area contributed by atoms with Gasteiger partial charge >= 0.3 is 36.1 Å². The Morgan fingerprint density at radius 1 is 0.634 bits per heavy atom. The summed E-state index contributed by atoms with van der Waals surface area (Å²) in [5.74, 6) is -2.24. The molecule has 1 saturated heterocycles. The molecule has 0 aromatic heterocycles. The van der Waals surface area contributed by atoms with Gasteiger partial charge < -0.3 is 50.4 Å². The molecule has 3 aromatic rings. The number of benzene rings is 3. The van der Waals surface area contributed by atoms with Gasteiger partial charge in [0.1, 0.15) is 41.5 Å². The monoisotopic (exact) mass is 987 g/mol. The minimum atomic E-state index is -1.24. The van der Waals surface area contributed by atoms with Gasteiger partial charge in [0.05, 0.1) is 0 Å². The number of alkyl carbamates (subject to hydrolysis) is 1. The summed E-state index contributed by atoms with van der Waals surface area (Å²) in [4.78, 5) is 94.6. The normalized spacial score (nSPS) is 14.5. The van der Waals surface area contributed by atoms with Crippen LogP contribution in [0, 0.1) is 5.92 Å². The number of carbonyl (C=O) groups excluding carboxylic acids is 7. The lowest BCUT2D eigenvalue weighted by atomic mass is 9.97. The molecule has 0 spiro atoms. The van der Waals surface area contributed by atoms with E-state index in [4.69, 9.17) is 18.9 Å². The van der Waals surface area contributed by atoms with E-state index in [1.807, 2.05) is 73.7 Å². The summed E-state index contributed by atoms with van der Waals surface area (Å²) in [6.45, 7) is 19.2. The van der Waals surface area contributed by atoms with Crippen LogP contribution in [0.25, 0.3) is 10.8 Å². The van der Waals surface area contributed by atoms with Gasteiger partial charge in [-0.3, -0.25) is 9.59 Å². The predicted octanol–water partition coefficient (Wildman–Crippen LogP) is 7.79. The van der Waals surface area contributed by atoms with Crippen LogP contribution in [0.4, 0.5) is 14.4 Å². The Bertz CT molecular complexity index is 2260. The summed E-state index contributed by atoms with van der Waals surface area (Å²) in [7, 11) is 0. The quantitative estimate of drug-likeness (QED) is 0.0394. The van der Waals surface area contributed by atoms with Gasteiger partial charge in [-0.1, -0.05) is 73.7 Å². The van der Waals surface area contributed by atoms with Crippen LogP contribution < -0.4 is 26.6 Å². The van der Waals surface area contributed by atoms with Crippen molar-refractivity contribution in [1.82, 2.24) is 31.5 Å². The lowest BCUT2D eigenvalue weighted by Crippen LogP contribution is -2.54. The largest absolute Gasteiger partial charge is 0.460 e. The van der Waals surface area contributed by atoms with E-state index in [9.17, 15) is 33.6 Å². The van der Waals surface area contributed by atoms with Crippen molar-refractivity contribution in [2.24, 2.45) is 5.92 Å². The van der Waals surface area contributed by atoms with E-state index in [-0.39, 0.29) is 56.7 Å². The predicted molar refractivity (Wildman–Crippen MR) is 271 cm³/mol. The van der Waals surface area contributed by atoms with E-state index in [1.54, 1.807) is 67.2 Å². The summed E-state index contributed by atoms with van der Waals surface area (Å²) in [6.07, 6.45) is 2.51. The maximum atomic E-state index is 13.9. The van der Waals surface area contributed by atoms with Crippen molar-refractivity contribution in [2.75, 3.05) is 26.2 Å². The molecule has 3 atom stereocenters. The molecule has 0 bridgehead atoms. The number of carbonyl (C=O) groups is 7. The molecule has 1 heterocycles. The maximum Gasteiger partial charge on any atom is 0.407 e. The van der Waals surface area contributed by atoms with E-state index in [2.05, 4.69) is 26.6 Å². The Labute approximate surface area is 419 Å². The lowest BCUT2D eigenvalue weighted by Gasteiger charge is -2.33. The van der Waals surface area contributed by atoms with Gasteiger partial charge in [-0.25, -0.2) is 24.0 Å². The van der Waals surface area contributed by atoms with E-state index >= 15 is 0 Å². The van der Waals surface area contributed by atoms with Crippen molar-refractivity contribution in [3.63, 3.8) is 0 Å². The lowest BCUT2D eigenvalue weighted by molar-refractivity contribution is -0.158. The van der Waals surface area contributed by atoms with Gasteiger partial charge in [-0.2, -0.15) is 0 Å². The molecular formula is C54H78N6O11. The van der Waals surface area contributed by atoms with E-state index in [0.29, 0.717) is 45.3 Å². The van der Waals surface area contributed by atoms with Crippen molar-refractivity contribution >= 4 is 52.7 Å². The van der Waals surface area contributed by atoms with Crippen molar-refractivity contribution in [1.29, 1.82) is 0 Å². The number of urea groups is 2. The Morgan fingerprint density at radius 3 is 1.85 bits per heavy atom. The number of rotatable bonds is 21. The summed E-state index contributed by atoms with van der Waals surface area (Å²) in [5.41, 5.74) is 0.501. The molecule has 0 aliphatic carbocycles. The third-order valence-electron chi connectivity index (χ3n) is 11.4. The first-order chi connectivity index (χ1) is 33.4. The zero-order chi connectivity index (χ0) is 52.4. The van der Waals surface area contributed by atoms with Gasteiger partial charge in [0.15, 0.2) is 0 Å². The Morgan fingerprint density at radius 2 is 1.23 bits per heavy atom. The highest BCUT2D eigenvalue weighted by Gasteiger charge is 2.32. The van der Waals surface area contributed by atoms with E-state index in [0.717, 1.165) is 33.9 Å². The number of nitrogens with one attached hydrogen (secondary N) is 5. The van der Waals surface area contributed by atoms with Crippen molar-refractivity contribution < 1.29 is 52.5 Å². The van der Waals surface area contributed by atoms with Gasteiger partial charge in [0, 0.05) is 39.0 Å². The molecule has 1 aliphatic heterocycles. The Hall–Kier alpha value is -6.39. The number of unbranched alkanes of at least 4 members (excludes halogenated alkanes) is 1. The molecule has 0 unspecified atom stereocenters. The van der Waals surface area contributed by atoms with Crippen molar-refractivity contribution in [3.8, 4) is 0 Å². The number of piperidine rings is 1. The molecule has 17 heteroatoms. The van der Waals surface area contributed by atoms with Crippen LogP contribution in [-0.2, 0) is 57.6 Å². The van der Waals surface area contributed by atoms with Gasteiger partial charge in [0.2, 0.25) is 5.91 Å². The van der Waals surface area contributed by atoms with Gasteiger partial charge in [0.25, 0.3) is 0 Å². The van der Waals surface area contributed by atoms with Crippen LogP contribution in [0.3, 0.4) is 0 Å². The summed E-state index contributed by atoms with van der Waals surface area (Å²) in [6, 6.07) is 16.9. The second-order valence-electron chi connectivity index (χ2n) is 21.1. The third kappa shape index (κ3) is 21.6. The number of aryl methyl sites for hydroxylation is 1. The number of fused-ring (bicyclic) bond motifs is 1. The number of esters is 3. The molecular weight excluding hydrogens is 909 g/mol. The molecule has 17 nitrogen and oxygen atoms in total. The first-order valence-corrected chi connectivity index (χ1v) is 24.9. The van der Waals surface area contributed by atoms with Crippen LogP contribution in [0.2, 0.25) is 0 Å². The SMILES string of the molecule is CCc1ccc(COC(=O)[C@H](CCCCNC(=O)[C@H](Cc2ccc3ccccc3c2)NC(=O)N2CCC(CNC(=O)OC(C)(C)C)CC2)NC(=O)N[C@@H](CCC(=O)OC(C)(C)C)C(=O)OC(C)(C)C)cc1. The highest BCUT2D eigenvalue weighted by Crippen LogP contribution is 2.20. The number of amides is 6. The minimum Gasteiger partial charge on any atom is -0.460 e. The fourth-order valence-electron chi connectivity index (χ4n) is 7.75.